The fourth-order valence-corrected chi connectivity index (χ4v) is 3.64. The van der Waals surface area contributed by atoms with Crippen molar-refractivity contribution in [3.05, 3.63) is 46.8 Å². The lowest BCUT2D eigenvalue weighted by molar-refractivity contribution is -0.389. The lowest BCUT2D eigenvalue weighted by Crippen LogP contribution is -2.50. The molecule has 0 atom stereocenters. The molecule has 10 heteroatoms. The zero-order valence-electron chi connectivity index (χ0n) is 16.0. The molecular weight excluding hydrogens is 374 g/mol. The van der Waals surface area contributed by atoms with Gasteiger partial charge in [0.05, 0.1) is 17.6 Å². The van der Waals surface area contributed by atoms with Crippen LogP contribution in [-0.4, -0.2) is 65.1 Å². The summed E-state index contributed by atoms with van der Waals surface area (Å²) < 4.78 is 0. The Labute approximate surface area is 168 Å². The van der Waals surface area contributed by atoms with Gasteiger partial charge in [0.15, 0.2) is 6.20 Å². The van der Waals surface area contributed by atoms with Crippen molar-refractivity contribution in [3.63, 3.8) is 0 Å². The number of nitrogens with zero attached hydrogens (tertiary/aromatic N) is 6. The molecule has 2 aliphatic rings. The number of anilines is 3. The third-order valence-electron chi connectivity index (χ3n) is 5.28. The number of aromatic nitrogens is 2. The minimum absolute atomic E-state index is 0.151. The van der Waals surface area contributed by atoms with Crippen LogP contribution in [-0.2, 0) is 0 Å². The van der Waals surface area contributed by atoms with E-state index in [2.05, 4.69) is 25.1 Å². The summed E-state index contributed by atoms with van der Waals surface area (Å²) in [5, 5.41) is 13.6. The van der Waals surface area contributed by atoms with Gasteiger partial charge in [-0.1, -0.05) is 0 Å². The molecule has 2 fully saturated rings. The number of hydrogen-bond donors (Lipinski definition) is 1. The van der Waals surface area contributed by atoms with Gasteiger partial charge in [0, 0.05) is 45.3 Å². The van der Waals surface area contributed by atoms with Crippen molar-refractivity contribution in [2.75, 3.05) is 54.4 Å². The van der Waals surface area contributed by atoms with Crippen LogP contribution in [0.2, 0.25) is 0 Å². The number of piperazine rings is 1. The molecule has 0 unspecified atom stereocenters. The first-order valence-electron chi connectivity index (χ1n) is 9.72. The highest BCUT2D eigenvalue weighted by atomic mass is 16.6. The highest BCUT2D eigenvalue weighted by Gasteiger charge is 2.23. The number of nitrogens with one attached hydrogen (secondary N) is 1. The largest absolute Gasteiger partial charge is 0.365 e. The van der Waals surface area contributed by atoms with E-state index in [4.69, 9.17) is 0 Å². The second-order valence-electron chi connectivity index (χ2n) is 7.14. The SMILES string of the molecule is O=C(Nc1ccc(N2CCCC2)nc1)N1CCN(c2ccc([N+](=O)[O-])nc2)CC1. The Morgan fingerprint density at radius 1 is 0.931 bits per heavy atom. The number of hydrogen-bond acceptors (Lipinski definition) is 7. The second kappa shape index (κ2) is 8.29. The van der Waals surface area contributed by atoms with E-state index < -0.39 is 4.92 Å². The van der Waals surface area contributed by atoms with Gasteiger partial charge >= 0.3 is 11.8 Å². The van der Waals surface area contributed by atoms with Crippen molar-refractivity contribution >= 4 is 29.0 Å². The van der Waals surface area contributed by atoms with E-state index in [1.54, 1.807) is 17.2 Å². The fraction of sp³-hybridized carbons (Fsp3) is 0.421. The second-order valence-corrected chi connectivity index (χ2v) is 7.14. The van der Waals surface area contributed by atoms with Crippen LogP contribution >= 0.6 is 0 Å². The molecule has 0 saturated carbocycles. The van der Waals surface area contributed by atoms with E-state index in [-0.39, 0.29) is 11.8 Å². The van der Waals surface area contributed by atoms with Crippen LogP contribution in [0.25, 0.3) is 0 Å². The van der Waals surface area contributed by atoms with Crippen molar-refractivity contribution in [2.45, 2.75) is 12.8 Å². The molecule has 0 bridgehead atoms. The molecule has 2 aromatic rings. The minimum Gasteiger partial charge on any atom is -0.365 e. The lowest BCUT2D eigenvalue weighted by atomic mass is 10.3. The number of carbonyl (C=O) groups excluding carboxylic acids is 1. The Morgan fingerprint density at radius 2 is 1.69 bits per heavy atom. The van der Waals surface area contributed by atoms with E-state index in [0.29, 0.717) is 31.9 Å². The van der Waals surface area contributed by atoms with Crippen LogP contribution in [0, 0.1) is 10.1 Å². The van der Waals surface area contributed by atoms with E-state index >= 15 is 0 Å². The third-order valence-corrected chi connectivity index (χ3v) is 5.28. The number of pyridine rings is 2. The minimum atomic E-state index is -0.515. The number of rotatable bonds is 4. The molecule has 0 aromatic carbocycles. The topological polar surface area (TPSA) is 108 Å². The van der Waals surface area contributed by atoms with Crippen molar-refractivity contribution < 1.29 is 9.72 Å². The van der Waals surface area contributed by atoms with Gasteiger partial charge in [-0.25, -0.2) is 9.78 Å². The van der Waals surface area contributed by atoms with Gasteiger partial charge < -0.3 is 30.1 Å². The molecule has 0 radical (unpaired) electrons. The zero-order chi connectivity index (χ0) is 20.2. The summed E-state index contributed by atoms with van der Waals surface area (Å²) in [4.78, 5) is 37.1. The average Bonchev–Trinajstić information content (AvgIpc) is 3.29. The first-order chi connectivity index (χ1) is 14.1. The van der Waals surface area contributed by atoms with Crippen LogP contribution in [0.5, 0.6) is 0 Å². The maximum Gasteiger partial charge on any atom is 0.363 e. The van der Waals surface area contributed by atoms with E-state index in [0.717, 1.165) is 24.6 Å². The van der Waals surface area contributed by atoms with Gasteiger partial charge in [0.25, 0.3) is 0 Å². The van der Waals surface area contributed by atoms with Crippen molar-refractivity contribution in [2.24, 2.45) is 0 Å². The maximum atomic E-state index is 12.5. The van der Waals surface area contributed by atoms with Gasteiger partial charge in [-0.15, -0.1) is 0 Å². The molecule has 2 amide bonds. The Morgan fingerprint density at radius 3 is 2.28 bits per heavy atom. The molecule has 4 heterocycles. The monoisotopic (exact) mass is 397 g/mol. The Bertz CT molecular complexity index is 858. The first kappa shape index (κ1) is 18.9. The summed E-state index contributed by atoms with van der Waals surface area (Å²) in [7, 11) is 0. The fourth-order valence-electron chi connectivity index (χ4n) is 3.64. The molecular formula is C19H23N7O3. The standard InChI is InChI=1S/C19H23N7O3/c27-19(22-15-3-5-17(20-13-15)24-7-1-2-8-24)25-11-9-23(10-12-25)16-4-6-18(21-14-16)26(28)29/h3-6,13-14H,1-2,7-12H2,(H,22,27). The first-order valence-corrected chi connectivity index (χ1v) is 9.72. The molecule has 1 N–H and O–H groups in total. The number of amides is 2. The summed E-state index contributed by atoms with van der Waals surface area (Å²) in [6, 6.07) is 6.77. The molecule has 4 rings (SSSR count). The summed E-state index contributed by atoms with van der Waals surface area (Å²) >= 11 is 0. The lowest BCUT2D eigenvalue weighted by Gasteiger charge is -2.35. The van der Waals surface area contributed by atoms with Crippen LogP contribution in [0.15, 0.2) is 36.7 Å². The number of nitro groups is 1. The molecule has 152 valence electrons. The maximum absolute atomic E-state index is 12.5. The molecule has 29 heavy (non-hydrogen) atoms. The molecule has 2 aliphatic heterocycles. The van der Waals surface area contributed by atoms with E-state index in [1.165, 1.54) is 25.1 Å². The van der Waals surface area contributed by atoms with Crippen molar-refractivity contribution in [1.82, 2.24) is 14.9 Å². The van der Waals surface area contributed by atoms with E-state index in [9.17, 15) is 14.9 Å². The Hall–Kier alpha value is -3.43. The Kier molecular flexibility index (Phi) is 5.41. The zero-order valence-corrected chi connectivity index (χ0v) is 16.0. The number of urea groups is 1. The van der Waals surface area contributed by atoms with Crippen molar-refractivity contribution in [3.8, 4) is 0 Å². The van der Waals surface area contributed by atoms with Gasteiger partial charge in [-0.3, -0.25) is 0 Å². The summed E-state index contributed by atoms with van der Waals surface area (Å²) in [6.07, 6.45) is 5.59. The van der Waals surface area contributed by atoms with Gasteiger partial charge in [-0.05, 0) is 40.9 Å². The quantitative estimate of drug-likeness (QED) is 0.623. The normalized spacial score (nSPS) is 16.8. The predicted octanol–water partition coefficient (Wildman–Crippen LogP) is 2.34. The average molecular weight is 397 g/mol. The van der Waals surface area contributed by atoms with Gasteiger partial charge in [-0.2, -0.15) is 0 Å². The van der Waals surface area contributed by atoms with E-state index in [1.807, 2.05) is 12.1 Å². The smallest absolute Gasteiger partial charge is 0.363 e. The van der Waals surface area contributed by atoms with Crippen LogP contribution in [0.1, 0.15) is 12.8 Å². The number of carbonyl (C=O) groups is 1. The van der Waals surface area contributed by atoms with Gasteiger partial charge in [0.2, 0.25) is 0 Å². The van der Waals surface area contributed by atoms with Crippen molar-refractivity contribution in [1.29, 1.82) is 0 Å². The van der Waals surface area contributed by atoms with Crippen LogP contribution in [0.3, 0.4) is 0 Å². The summed E-state index contributed by atoms with van der Waals surface area (Å²) in [5.74, 6) is 0.780. The molecule has 2 aromatic heterocycles. The van der Waals surface area contributed by atoms with Gasteiger partial charge in [0.1, 0.15) is 5.82 Å². The molecule has 2 saturated heterocycles. The third kappa shape index (κ3) is 4.36. The van der Waals surface area contributed by atoms with Crippen LogP contribution < -0.4 is 15.1 Å². The molecule has 0 spiro atoms. The predicted molar refractivity (Wildman–Crippen MR) is 109 cm³/mol. The van der Waals surface area contributed by atoms with Crippen LogP contribution in [0.4, 0.5) is 27.8 Å². The molecule has 10 nitrogen and oxygen atoms in total. The highest BCUT2D eigenvalue weighted by Crippen LogP contribution is 2.20. The summed E-state index contributed by atoms with van der Waals surface area (Å²) in [6.45, 7) is 4.46. The highest BCUT2D eigenvalue weighted by molar-refractivity contribution is 5.89. The molecule has 0 aliphatic carbocycles. The Balaban J connectivity index is 1.29. The summed E-state index contributed by atoms with van der Waals surface area (Å²) in [5.41, 5.74) is 1.50.